The van der Waals surface area contributed by atoms with Crippen molar-refractivity contribution in [2.75, 3.05) is 0 Å². The molecule has 0 spiro atoms. The predicted octanol–water partition coefficient (Wildman–Crippen LogP) is 2.64. The maximum absolute atomic E-state index is 11.5. The van der Waals surface area contributed by atoms with Crippen LogP contribution in [0.4, 0.5) is 0 Å². The van der Waals surface area contributed by atoms with Crippen LogP contribution in [0.2, 0.25) is 5.02 Å². The van der Waals surface area contributed by atoms with E-state index in [0.29, 0.717) is 11.1 Å². The summed E-state index contributed by atoms with van der Waals surface area (Å²) in [6.45, 7) is 1.41. The van der Waals surface area contributed by atoms with Crippen molar-refractivity contribution in [3.63, 3.8) is 0 Å². The fourth-order valence-electron chi connectivity index (χ4n) is 1.11. The maximum atomic E-state index is 11.5. The van der Waals surface area contributed by atoms with E-state index in [9.17, 15) is 4.79 Å². The van der Waals surface area contributed by atoms with Crippen molar-refractivity contribution in [2.45, 2.75) is 18.9 Å². The number of aliphatic hydroxyl groups excluding tert-OH is 1. The third-order valence-corrected chi connectivity index (χ3v) is 2.52. The Hall–Kier alpha value is -0.570. The number of carbonyl (C=O) groups is 1. The molecule has 0 radical (unpaired) electrons. The fraction of sp³-hybridized carbons (Fsp3) is 0.300. The molecule has 0 heterocycles. The second kappa shape index (κ2) is 4.78. The molecule has 0 aliphatic rings. The maximum Gasteiger partial charge on any atom is 0.181 e. The number of halogens is 2. The second-order valence-corrected chi connectivity index (χ2v) is 3.95. The molecule has 0 bridgehead atoms. The number of Topliss-reactive ketones (excluding diaryl/α,β-unsaturated/α-hetero) is 1. The molecular weight excluding hydrogens is 223 g/mol. The molecule has 0 fully saturated rings. The van der Waals surface area contributed by atoms with Crippen LogP contribution in [0.5, 0.6) is 0 Å². The highest BCUT2D eigenvalue weighted by molar-refractivity contribution is 6.39. The van der Waals surface area contributed by atoms with Crippen molar-refractivity contribution in [3.8, 4) is 0 Å². The van der Waals surface area contributed by atoms with Gasteiger partial charge in [0.15, 0.2) is 5.78 Å². The van der Waals surface area contributed by atoms with Crippen molar-refractivity contribution in [1.82, 2.24) is 0 Å². The first-order chi connectivity index (χ1) is 6.57. The summed E-state index contributed by atoms with van der Waals surface area (Å²) in [7, 11) is 0. The summed E-state index contributed by atoms with van der Waals surface area (Å²) in [5.41, 5.74) is 0.899. The van der Waals surface area contributed by atoms with E-state index in [4.69, 9.17) is 28.3 Å². The zero-order valence-corrected chi connectivity index (χ0v) is 9.14. The summed E-state index contributed by atoms with van der Waals surface area (Å²) >= 11 is 11.6. The van der Waals surface area contributed by atoms with Gasteiger partial charge in [0.25, 0.3) is 0 Å². The lowest BCUT2D eigenvalue weighted by Gasteiger charge is -2.07. The molecule has 1 rings (SSSR count). The quantitative estimate of drug-likeness (QED) is 0.643. The Morgan fingerprint density at radius 3 is 2.71 bits per heavy atom. The van der Waals surface area contributed by atoms with Crippen LogP contribution < -0.4 is 0 Å². The fourth-order valence-corrected chi connectivity index (χ4v) is 1.50. The molecular formula is C10H10Cl2O2. The summed E-state index contributed by atoms with van der Waals surface area (Å²) in [6.07, 6.45) is 0. The van der Waals surface area contributed by atoms with Gasteiger partial charge in [-0.3, -0.25) is 4.79 Å². The second-order valence-electron chi connectivity index (χ2n) is 2.92. The smallest absolute Gasteiger partial charge is 0.181 e. The SMILES string of the molecule is CC(Cl)C(=O)c1cccc(CO)c1Cl. The summed E-state index contributed by atoms with van der Waals surface area (Å²) in [5, 5.41) is 8.61. The van der Waals surface area contributed by atoms with Gasteiger partial charge in [0.1, 0.15) is 0 Å². The zero-order chi connectivity index (χ0) is 10.7. The van der Waals surface area contributed by atoms with Crippen molar-refractivity contribution < 1.29 is 9.90 Å². The molecule has 0 amide bonds. The third kappa shape index (κ3) is 2.27. The number of rotatable bonds is 3. The van der Waals surface area contributed by atoms with E-state index < -0.39 is 5.38 Å². The number of hydrogen-bond acceptors (Lipinski definition) is 2. The summed E-state index contributed by atoms with van der Waals surface area (Å²) in [5.74, 6) is -0.230. The van der Waals surface area contributed by atoms with E-state index in [-0.39, 0.29) is 17.4 Å². The molecule has 0 aromatic heterocycles. The first kappa shape index (κ1) is 11.5. The molecule has 1 aromatic carbocycles. The molecule has 1 atom stereocenters. The van der Waals surface area contributed by atoms with Crippen LogP contribution in [-0.2, 0) is 6.61 Å². The first-order valence-electron chi connectivity index (χ1n) is 4.14. The van der Waals surface area contributed by atoms with E-state index in [0.717, 1.165) is 0 Å². The van der Waals surface area contributed by atoms with Crippen LogP contribution in [0, 0.1) is 0 Å². The Kier molecular flexibility index (Phi) is 3.93. The minimum atomic E-state index is -0.610. The van der Waals surface area contributed by atoms with Crippen LogP contribution >= 0.6 is 23.2 Å². The van der Waals surface area contributed by atoms with Gasteiger partial charge >= 0.3 is 0 Å². The van der Waals surface area contributed by atoms with Gasteiger partial charge in [0, 0.05) is 5.56 Å². The molecule has 0 aliphatic heterocycles. The molecule has 76 valence electrons. The third-order valence-electron chi connectivity index (χ3n) is 1.88. The van der Waals surface area contributed by atoms with Crippen LogP contribution in [0.25, 0.3) is 0 Å². The molecule has 14 heavy (non-hydrogen) atoms. The first-order valence-corrected chi connectivity index (χ1v) is 4.96. The zero-order valence-electron chi connectivity index (χ0n) is 7.63. The van der Waals surface area contributed by atoms with Crippen molar-refractivity contribution in [3.05, 3.63) is 34.3 Å². The number of alkyl halides is 1. The van der Waals surface area contributed by atoms with Crippen molar-refractivity contribution >= 4 is 29.0 Å². The number of carbonyl (C=O) groups excluding carboxylic acids is 1. The Labute approximate surface area is 92.5 Å². The summed E-state index contributed by atoms with van der Waals surface area (Å²) < 4.78 is 0. The molecule has 0 saturated carbocycles. The van der Waals surface area contributed by atoms with Gasteiger partial charge in [0.2, 0.25) is 0 Å². The van der Waals surface area contributed by atoms with Crippen molar-refractivity contribution in [2.24, 2.45) is 0 Å². The van der Waals surface area contributed by atoms with E-state index >= 15 is 0 Å². The topological polar surface area (TPSA) is 37.3 Å². The Bertz CT molecular complexity index is 348. The summed E-state index contributed by atoms with van der Waals surface area (Å²) in [6, 6.07) is 4.94. The highest BCUT2D eigenvalue weighted by Gasteiger charge is 2.16. The van der Waals surface area contributed by atoms with E-state index in [2.05, 4.69) is 0 Å². The van der Waals surface area contributed by atoms with Gasteiger partial charge in [0.05, 0.1) is 17.0 Å². The molecule has 1 N–H and O–H groups in total. The lowest BCUT2D eigenvalue weighted by molar-refractivity contribution is 0.0991. The van der Waals surface area contributed by atoms with Crippen LogP contribution in [-0.4, -0.2) is 16.3 Å². The van der Waals surface area contributed by atoms with Crippen LogP contribution in [0.15, 0.2) is 18.2 Å². The molecule has 1 aromatic rings. The van der Waals surface area contributed by atoms with E-state index in [1.54, 1.807) is 25.1 Å². The van der Waals surface area contributed by atoms with Gasteiger partial charge in [-0.1, -0.05) is 23.7 Å². The Morgan fingerprint density at radius 2 is 2.21 bits per heavy atom. The van der Waals surface area contributed by atoms with E-state index in [1.165, 1.54) is 0 Å². The molecule has 4 heteroatoms. The average Bonchev–Trinajstić information content (AvgIpc) is 2.17. The number of benzene rings is 1. The number of aliphatic hydroxyl groups is 1. The van der Waals surface area contributed by atoms with Crippen LogP contribution in [0.3, 0.4) is 0 Å². The Balaban J connectivity index is 3.16. The minimum absolute atomic E-state index is 0.184. The van der Waals surface area contributed by atoms with Crippen LogP contribution in [0.1, 0.15) is 22.8 Å². The van der Waals surface area contributed by atoms with Gasteiger partial charge in [-0.05, 0) is 18.6 Å². The monoisotopic (exact) mass is 232 g/mol. The molecule has 0 saturated heterocycles. The average molecular weight is 233 g/mol. The normalized spacial score (nSPS) is 12.6. The minimum Gasteiger partial charge on any atom is -0.392 e. The van der Waals surface area contributed by atoms with Crippen molar-refractivity contribution in [1.29, 1.82) is 0 Å². The highest BCUT2D eigenvalue weighted by Crippen LogP contribution is 2.23. The lowest BCUT2D eigenvalue weighted by Crippen LogP contribution is -2.11. The number of hydrogen-bond donors (Lipinski definition) is 1. The van der Waals surface area contributed by atoms with Gasteiger partial charge < -0.3 is 5.11 Å². The molecule has 2 nitrogen and oxygen atoms in total. The van der Waals surface area contributed by atoms with Gasteiger partial charge in [-0.25, -0.2) is 0 Å². The predicted molar refractivity (Wildman–Crippen MR) is 57.0 cm³/mol. The standard InChI is InChI=1S/C10H10Cl2O2/c1-6(11)10(14)8-4-2-3-7(5-13)9(8)12/h2-4,6,13H,5H2,1H3. The summed E-state index contributed by atoms with van der Waals surface area (Å²) in [4.78, 5) is 11.5. The van der Waals surface area contributed by atoms with Gasteiger partial charge in [-0.15, -0.1) is 11.6 Å². The molecule has 1 unspecified atom stereocenters. The Morgan fingerprint density at radius 1 is 1.57 bits per heavy atom. The van der Waals surface area contributed by atoms with E-state index in [1.807, 2.05) is 0 Å². The molecule has 0 aliphatic carbocycles. The lowest BCUT2D eigenvalue weighted by atomic mass is 10.1. The number of ketones is 1. The largest absolute Gasteiger partial charge is 0.392 e. The van der Waals surface area contributed by atoms with Gasteiger partial charge in [-0.2, -0.15) is 0 Å². The highest BCUT2D eigenvalue weighted by atomic mass is 35.5.